The van der Waals surface area contributed by atoms with Crippen LogP contribution in [0.1, 0.15) is 17.3 Å². The van der Waals surface area contributed by atoms with Crippen LogP contribution in [0.2, 0.25) is 0 Å². The Hall–Kier alpha value is -2.20. The molecule has 1 heterocycles. The number of hydrogen-bond donors (Lipinski definition) is 2. The van der Waals surface area contributed by atoms with Gasteiger partial charge in [-0.25, -0.2) is 9.18 Å². The molecule has 0 aromatic heterocycles. The average Bonchev–Trinajstić information content (AvgIpc) is 2.55. The summed E-state index contributed by atoms with van der Waals surface area (Å²) in [6.45, 7) is 1.21. The van der Waals surface area contributed by atoms with Crippen molar-refractivity contribution >= 4 is 11.9 Å². The number of hydrogen-bond acceptors (Lipinski definition) is 5. The van der Waals surface area contributed by atoms with Crippen molar-refractivity contribution in [3.8, 4) is 0 Å². The van der Waals surface area contributed by atoms with E-state index in [9.17, 15) is 32.3 Å². The van der Waals surface area contributed by atoms with E-state index in [0.717, 1.165) is 0 Å². The summed E-state index contributed by atoms with van der Waals surface area (Å²) in [7, 11) is 0. The maximum atomic E-state index is 14.2. The molecule has 1 saturated heterocycles. The van der Waals surface area contributed by atoms with E-state index in [1.54, 1.807) is 11.4 Å². The summed E-state index contributed by atoms with van der Waals surface area (Å²) in [4.78, 5) is 23.2. The number of amides is 1. The Balaban J connectivity index is 2.21. The molecule has 1 aromatic rings. The number of carbonyl (C=O) groups excluding carboxylic acids is 2. The first-order chi connectivity index (χ1) is 11.6. The Morgan fingerprint density at radius 3 is 2.40 bits per heavy atom. The summed E-state index contributed by atoms with van der Waals surface area (Å²) < 4.78 is 61.2. The number of ether oxygens (including phenoxy) is 2. The Morgan fingerprint density at radius 1 is 1.24 bits per heavy atom. The van der Waals surface area contributed by atoms with E-state index in [2.05, 4.69) is 0 Å². The van der Waals surface area contributed by atoms with Gasteiger partial charge in [0.15, 0.2) is 18.6 Å². The number of alkyl halides is 4. The van der Waals surface area contributed by atoms with Gasteiger partial charge in [0.05, 0.1) is 17.7 Å². The number of halogens is 4. The van der Waals surface area contributed by atoms with Gasteiger partial charge in [-0.05, 0) is 19.1 Å². The topological polar surface area (TPSA) is 84.9 Å². The van der Waals surface area contributed by atoms with Crippen molar-refractivity contribution in [2.45, 2.75) is 43.8 Å². The summed E-state index contributed by atoms with van der Waals surface area (Å²) in [5.41, 5.74) is 0.0317. The second-order valence-electron chi connectivity index (χ2n) is 5.41. The molecule has 6 nitrogen and oxygen atoms in total. The SMILES string of the molecule is C[C@@H]1OC(O)[C@H](F)[C@H](OC(=O)c2ccccc2)[C@H]1NC(=O)C(F)(F)F. The van der Waals surface area contributed by atoms with Gasteiger partial charge < -0.3 is 19.9 Å². The fraction of sp³-hybridized carbons (Fsp3) is 0.467. The van der Waals surface area contributed by atoms with Crippen LogP contribution in [0.3, 0.4) is 0 Å². The number of esters is 1. The average molecular weight is 365 g/mol. The zero-order valence-corrected chi connectivity index (χ0v) is 12.9. The number of rotatable bonds is 3. The van der Waals surface area contributed by atoms with Gasteiger partial charge in [0.25, 0.3) is 0 Å². The molecule has 0 saturated carbocycles. The molecule has 138 valence electrons. The van der Waals surface area contributed by atoms with E-state index >= 15 is 0 Å². The van der Waals surface area contributed by atoms with Crippen LogP contribution in [0.5, 0.6) is 0 Å². The minimum Gasteiger partial charge on any atom is -0.453 e. The summed E-state index contributed by atoms with van der Waals surface area (Å²) in [5, 5.41) is 11.0. The highest BCUT2D eigenvalue weighted by Gasteiger charge is 2.50. The fourth-order valence-corrected chi connectivity index (χ4v) is 2.34. The van der Waals surface area contributed by atoms with Crippen molar-refractivity contribution in [2.75, 3.05) is 0 Å². The Morgan fingerprint density at radius 2 is 1.84 bits per heavy atom. The third kappa shape index (κ3) is 4.45. The number of aliphatic hydroxyl groups excluding tert-OH is 1. The molecule has 2 rings (SSSR count). The van der Waals surface area contributed by atoms with Gasteiger partial charge in [0, 0.05) is 0 Å². The van der Waals surface area contributed by atoms with Crippen LogP contribution in [-0.4, -0.2) is 53.9 Å². The highest BCUT2D eigenvalue weighted by molar-refractivity contribution is 5.89. The largest absolute Gasteiger partial charge is 0.471 e. The smallest absolute Gasteiger partial charge is 0.453 e. The summed E-state index contributed by atoms with van der Waals surface area (Å²) >= 11 is 0. The quantitative estimate of drug-likeness (QED) is 0.624. The molecule has 1 aromatic carbocycles. The van der Waals surface area contributed by atoms with E-state index < -0.39 is 48.8 Å². The first-order valence-electron chi connectivity index (χ1n) is 7.22. The van der Waals surface area contributed by atoms with Crippen molar-refractivity contribution in [2.24, 2.45) is 0 Å². The lowest BCUT2D eigenvalue weighted by Crippen LogP contribution is -2.64. The lowest BCUT2D eigenvalue weighted by atomic mass is 9.97. The lowest BCUT2D eigenvalue weighted by molar-refractivity contribution is -0.236. The lowest BCUT2D eigenvalue weighted by Gasteiger charge is -2.40. The van der Waals surface area contributed by atoms with Crippen LogP contribution in [0, 0.1) is 0 Å². The molecule has 1 aliphatic heterocycles. The zero-order valence-electron chi connectivity index (χ0n) is 12.9. The molecule has 0 radical (unpaired) electrons. The monoisotopic (exact) mass is 365 g/mol. The minimum absolute atomic E-state index is 0.0317. The highest BCUT2D eigenvalue weighted by atomic mass is 19.4. The van der Waals surface area contributed by atoms with Crippen LogP contribution < -0.4 is 5.32 Å². The van der Waals surface area contributed by atoms with Gasteiger partial charge in [-0.3, -0.25) is 4.79 Å². The molecular formula is C15H15F4NO5. The number of aliphatic hydroxyl groups is 1. The standard InChI is InChI=1S/C15H15F4NO5/c1-7-10(20-14(23)15(17,18)19)11(9(16)13(22)24-7)25-12(21)8-5-3-2-4-6-8/h2-7,9-11,13,22H,1H3,(H,20,23)/t7-,9+,10-,11-,13?/m0/s1. The van der Waals surface area contributed by atoms with Crippen LogP contribution in [0.4, 0.5) is 17.6 Å². The molecule has 0 aliphatic carbocycles. The van der Waals surface area contributed by atoms with Gasteiger partial charge in [-0.2, -0.15) is 13.2 Å². The van der Waals surface area contributed by atoms with Crippen LogP contribution in [0.15, 0.2) is 30.3 Å². The maximum absolute atomic E-state index is 14.2. The van der Waals surface area contributed by atoms with Crippen molar-refractivity contribution in [3.05, 3.63) is 35.9 Å². The Kier molecular flexibility index (Phi) is 5.63. The predicted molar refractivity (Wildman–Crippen MR) is 75.1 cm³/mol. The maximum Gasteiger partial charge on any atom is 0.471 e. The number of nitrogens with one attached hydrogen (secondary N) is 1. The van der Waals surface area contributed by atoms with Gasteiger partial charge >= 0.3 is 18.1 Å². The van der Waals surface area contributed by atoms with E-state index in [4.69, 9.17) is 9.47 Å². The molecule has 0 spiro atoms. The van der Waals surface area contributed by atoms with E-state index in [1.165, 1.54) is 31.2 Å². The second kappa shape index (κ2) is 7.36. The summed E-state index contributed by atoms with van der Waals surface area (Å²) in [6.07, 6.45) is -12.7. The molecule has 1 aliphatic rings. The van der Waals surface area contributed by atoms with E-state index in [1.807, 2.05) is 0 Å². The van der Waals surface area contributed by atoms with E-state index in [0.29, 0.717) is 0 Å². The number of benzene rings is 1. The fourth-order valence-electron chi connectivity index (χ4n) is 2.34. The molecular weight excluding hydrogens is 350 g/mol. The summed E-state index contributed by atoms with van der Waals surface area (Å²) in [5.74, 6) is -3.35. The molecule has 25 heavy (non-hydrogen) atoms. The third-order valence-electron chi connectivity index (χ3n) is 3.61. The van der Waals surface area contributed by atoms with E-state index in [-0.39, 0.29) is 5.56 Å². The Bertz CT molecular complexity index is 624. The molecule has 5 atom stereocenters. The number of carbonyl (C=O) groups is 2. The summed E-state index contributed by atoms with van der Waals surface area (Å²) in [6, 6.07) is 5.71. The van der Waals surface area contributed by atoms with Gasteiger partial charge in [-0.1, -0.05) is 18.2 Å². The molecule has 2 N–H and O–H groups in total. The zero-order chi connectivity index (χ0) is 18.8. The molecule has 1 amide bonds. The van der Waals surface area contributed by atoms with Gasteiger partial charge in [0.1, 0.15) is 0 Å². The predicted octanol–water partition coefficient (Wildman–Crippen LogP) is 1.33. The second-order valence-corrected chi connectivity index (χ2v) is 5.41. The third-order valence-corrected chi connectivity index (χ3v) is 3.61. The van der Waals surface area contributed by atoms with Gasteiger partial charge in [-0.15, -0.1) is 0 Å². The van der Waals surface area contributed by atoms with Crippen LogP contribution >= 0.6 is 0 Å². The highest BCUT2D eigenvalue weighted by Crippen LogP contribution is 2.27. The minimum atomic E-state index is -5.21. The molecule has 0 bridgehead atoms. The van der Waals surface area contributed by atoms with Crippen molar-refractivity contribution in [1.82, 2.24) is 5.32 Å². The van der Waals surface area contributed by atoms with Gasteiger partial charge in [0.2, 0.25) is 0 Å². The normalized spacial score (nSPS) is 29.8. The molecule has 10 heteroatoms. The van der Waals surface area contributed by atoms with Crippen molar-refractivity contribution in [3.63, 3.8) is 0 Å². The van der Waals surface area contributed by atoms with Crippen LogP contribution in [-0.2, 0) is 14.3 Å². The molecule has 1 fully saturated rings. The first-order valence-corrected chi connectivity index (χ1v) is 7.22. The van der Waals surface area contributed by atoms with Crippen molar-refractivity contribution in [1.29, 1.82) is 0 Å². The van der Waals surface area contributed by atoms with Crippen LogP contribution in [0.25, 0.3) is 0 Å². The Labute approximate surface area is 139 Å². The molecule has 1 unspecified atom stereocenters. The first kappa shape index (κ1) is 19.1. The van der Waals surface area contributed by atoms with Crippen molar-refractivity contribution < 1.29 is 41.7 Å².